The molecule has 22 heavy (non-hydrogen) atoms. The van der Waals surface area contributed by atoms with Crippen molar-refractivity contribution < 1.29 is 30.7 Å². The van der Waals surface area contributed by atoms with Gasteiger partial charge in [0.15, 0.2) is 0 Å². The third kappa shape index (κ3) is 3.67. The van der Waals surface area contributed by atoms with Gasteiger partial charge < -0.3 is 4.74 Å². The number of hydrogen-bond donors (Lipinski definition) is 1. The summed E-state index contributed by atoms with van der Waals surface area (Å²) in [5.41, 5.74) is -0.646. The van der Waals surface area contributed by atoms with Crippen molar-refractivity contribution in [1.82, 2.24) is 0 Å². The predicted molar refractivity (Wildman–Crippen MR) is 70.2 cm³/mol. The zero-order valence-electron chi connectivity index (χ0n) is 10.8. The Balaban J connectivity index is 2.41. The third-order valence-electron chi connectivity index (χ3n) is 2.53. The normalized spacial score (nSPS) is 11.5. The van der Waals surface area contributed by atoms with Gasteiger partial charge in [0.25, 0.3) is 10.0 Å². The first-order valence-corrected chi connectivity index (χ1v) is 7.29. The van der Waals surface area contributed by atoms with Crippen LogP contribution in [0.25, 0.3) is 0 Å². The van der Waals surface area contributed by atoms with Gasteiger partial charge in [-0.25, -0.2) is 17.2 Å². The van der Waals surface area contributed by atoms with Crippen LogP contribution in [0.2, 0.25) is 0 Å². The van der Waals surface area contributed by atoms with E-state index in [0.29, 0.717) is 6.07 Å². The first-order chi connectivity index (χ1) is 10.3. The molecule has 0 saturated carbocycles. The maximum absolute atomic E-state index is 13.5. The summed E-state index contributed by atoms with van der Waals surface area (Å²) in [6.45, 7) is -3.23. The Morgan fingerprint density at radius 3 is 2.41 bits per heavy atom. The van der Waals surface area contributed by atoms with Gasteiger partial charge in [-0.2, -0.15) is 8.78 Å². The maximum Gasteiger partial charge on any atom is 0.387 e. The van der Waals surface area contributed by atoms with Crippen molar-refractivity contribution >= 4 is 15.7 Å². The lowest BCUT2D eigenvalue weighted by molar-refractivity contribution is -0.0517. The average molecular weight is 335 g/mol. The van der Waals surface area contributed by atoms with Crippen LogP contribution in [-0.4, -0.2) is 15.0 Å². The number of sulfonamides is 1. The molecule has 0 aromatic heterocycles. The van der Waals surface area contributed by atoms with E-state index in [1.54, 1.807) is 4.72 Å². The maximum atomic E-state index is 13.5. The summed E-state index contributed by atoms with van der Waals surface area (Å²) >= 11 is 0. The third-order valence-corrected chi connectivity index (χ3v) is 3.93. The van der Waals surface area contributed by atoms with Gasteiger partial charge in [0.05, 0.1) is 5.69 Å². The summed E-state index contributed by atoms with van der Waals surface area (Å²) in [4.78, 5) is -0.626. The average Bonchev–Trinajstić information content (AvgIpc) is 2.42. The second-order valence-electron chi connectivity index (χ2n) is 4.05. The van der Waals surface area contributed by atoms with Crippen LogP contribution in [0.15, 0.2) is 47.4 Å². The second-order valence-corrected chi connectivity index (χ2v) is 5.71. The highest BCUT2D eigenvalue weighted by molar-refractivity contribution is 7.92. The molecule has 0 saturated heterocycles. The molecular weight excluding hydrogens is 326 g/mol. The molecule has 1 N–H and O–H groups in total. The molecule has 0 aliphatic heterocycles. The number of halogens is 4. The fraction of sp³-hybridized carbons (Fsp3) is 0.0769. The molecule has 118 valence electrons. The molecule has 2 aromatic carbocycles. The summed E-state index contributed by atoms with van der Waals surface area (Å²) in [5, 5.41) is 0. The lowest BCUT2D eigenvalue weighted by Crippen LogP contribution is -2.16. The van der Waals surface area contributed by atoms with Crippen LogP contribution in [0.4, 0.5) is 23.2 Å². The minimum Gasteiger partial charge on any atom is -0.433 e. The standard InChI is InChI=1S/C13H9F4NO3S/c14-8-5-6-9(15)10(7-8)18-22(19,20)12-4-2-1-3-11(12)21-13(16)17/h1-7,13,18H. The molecule has 0 aliphatic rings. The van der Waals surface area contributed by atoms with Crippen molar-refractivity contribution in [2.24, 2.45) is 0 Å². The fourth-order valence-corrected chi connectivity index (χ4v) is 2.84. The van der Waals surface area contributed by atoms with Crippen LogP contribution in [-0.2, 0) is 10.0 Å². The second kappa shape index (κ2) is 6.22. The number of anilines is 1. The molecule has 0 heterocycles. The summed E-state index contributed by atoms with van der Waals surface area (Å²) in [5.74, 6) is -2.49. The number of hydrogen-bond acceptors (Lipinski definition) is 3. The van der Waals surface area contributed by atoms with Crippen LogP contribution in [0.1, 0.15) is 0 Å². The Bertz CT molecular complexity index is 781. The van der Waals surface area contributed by atoms with Crippen molar-refractivity contribution in [2.45, 2.75) is 11.5 Å². The van der Waals surface area contributed by atoms with Gasteiger partial charge in [0, 0.05) is 6.07 Å². The first-order valence-electron chi connectivity index (χ1n) is 5.81. The molecular formula is C13H9F4NO3S. The Labute approximate surface area is 123 Å². The molecule has 0 atom stereocenters. The summed E-state index contributed by atoms with van der Waals surface area (Å²) in [7, 11) is -4.44. The highest BCUT2D eigenvalue weighted by Gasteiger charge is 2.22. The molecule has 9 heteroatoms. The van der Waals surface area contributed by atoms with Gasteiger partial charge in [-0.05, 0) is 24.3 Å². The number of nitrogens with one attached hydrogen (secondary N) is 1. The number of ether oxygens (including phenoxy) is 1. The highest BCUT2D eigenvalue weighted by Crippen LogP contribution is 2.27. The molecule has 0 fully saturated rings. The van der Waals surface area contributed by atoms with E-state index in [0.717, 1.165) is 24.3 Å². The van der Waals surface area contributed by atoms with Crippen LogP contribution >= 0.6 is 0 Å². The molecule has 0 unspecified atom stereocenters. The van der Waals surface area contributed by atoms with Gasteiger partial charge in [-0.15, -0.1) is 0 Å². The largest absolute Gasteiger partial charge is 0.433 e. The van der Waals surface area contributed by atoms with Crippen molar-refractivity contribution in [1.29, 1.82) is 0 Å². The SMILES string of the molecule is O=S(=O)(Nc1cc(F)ccc1F)c1ccccc1OC(F)F. The topological polar surface area (TPSA) is 55.4 Å². The molecule has 4 nitrogen and oxygen atoms in total. The molecule has 2 aromatic rings. The van der Waals surface area contributed by atoms with Crippen molar-refractivity contribution in [3.63, 3.8) is 0 Å². The van der Waals surface area contributed by atoms with Crippen molar-refractivity contribution in [2.75, 3.05) is 4.72 Å². The summed E-state index contributed by atoms with van der Waals surface area (Å²) in [6.07, 6.45) is 0. The Morgan fingerprint density at radius 2 is 1.73 bits per heavy atom. The number of benzene rings is 2. The molecule has 0 aliphatic carbocycles. The van der Waals surface area contributed by atoms with E-state index >= 15 is 0 Å². The quantitative estimate of drug-likeness (QED) is 0.853. The van der Waals surface area contributed by atoms with Crippen LogP contribution < -0.4 is 9.46 Å². The first kappa shape index (κ1) is 16.1. The van der Waals surface area contributed by atoms with E-state index in [1.807, 2.05) is 0 Å². The zero-order valence-corrected chi connectivity index (χ0v) is 11.6. The Hall–Kier alpha value is -2.29. The van der Waals surface area contributed by atoms with E-state index < -0.39 is 44.6 Å². The lowest BCUT2D eigenvalue weighted by Gasteiger charge is -2.13. The molecule has 0 amide bonds. The molecule has 0 spiro atoms. The minimum absolute atomic E-state index is 0.609. The molecule has 0 bridgehead atoms. The predicted octanol–water partition coefficient (Wildman–Crippen LogP) is 3.37. The number of alkyl halides is 2. The Morgan fingerprint density at radius 1 is 1.05 bits per heavy atom. The van der Waals surface area contributed by atoms with Crippen molar-refractivity contribution in [3.8, 4) is 5.75 Å². The monoisotopic (exact) mass is 335 g/mol. The summed E-state index contributed by atoms with van der Waals surface area (Å²) < 4.78 is 81.3. The highest BCUT2D eigenvalue weighted by atomic mass is 32.2. The fourth-order valence-electron chi connectivity index (χ4n) is 1.64. The molecule has 0 radical (unpaired) electrons. The van der Waals surface area contributed by atoms with Gasteiger partial charge in [-0.3, -0.25) is 4.72 Å². The van der Waals surface area contributed by atoms with Crippen LogP contribution in [0.5, 0.6) is 5.75 Å². The van der Waals surface area contributed by atoms with Gasteiger partial charge in [0.2, 0.25) is 0 Å². The molecule has 2 rings (SSSR count). The van der Waals surface area contributed by atoms with E-state index in [-0.39, 0.29) is 0 Å². The zero-order chi connectivity index (χ0) is 16.3. The van der Waals surface area contributed by atoms with Gasteiger partial charge in [-0.1, -0.05) is 12.1 Å². The number of rotatable bonds is 5. The summed E-state index contributed by atoms with van der Waals surface area (Å²) in [6, 6.07) is 6.74. The van der Waals surface area contributed by atoms with Crippen LogP contribution in [0.3, 0.4) is 0 Å². The van der Waals surface area contributed by atoms with E-state index in [1.165, 1.54) is 12.1 Å². The van der Waals surface area contributed by atoms with E-state index in [4.69, 9.17) is 0 Å². The van der Waals surface area contributed by atoms with Gasteiger partial charge in [0.1, 0.15) is 22.3 Å². The van der Waals surface area contributed by atoms with Crippen LogP contribution in [0, 0.1) is 11.6 Å². The van der Waals surface area contributed by atoms with E-state index in [2.05, 4.69) is 4.74 Å². The van der Waals surface area contributed by atoms with E-state index in [9.17, 15) is 26.0 Å². The smallest absolute Gasteiger partial charge is 0.387 e. The van der Waals surface area contributed by atoms with Crippen molar-refractivity contribution in [3.05, 3.63) is 54.1 Å². The number of para-hydroxylation sites is 1. The lowest BCUT2D eigenvalue weighted by atomic mass is 10.3. The Kier molecular flexibility index (Phi) is 4.55. The van der Waals surface area contributed by atoms with Gasteiger partial charge >= 0.3 is 6.61 Å². The minimum atomic E-state index is -4.44.